The summed E-state index contributed by atoms with van der Waals surface area (Å²) in [6, 6.07) is 0. The summed E-state index contributed by atoms with van der Waals surface area (Å²) in [6.45, 7) is 21.9. The fourth-order valence-electron chi connectivity index (χ4n) is 2.20. The van der Waals surface area contributed by atoms with Crippen LogP contribution in [0.2, 0.25) is 0 Å². The zero-order valence-electron chi connectivity index (χ0n) is 13.9. The molecule has 0 aromatic carbocycles. The normalized spacial score (nSPS) is 16.1. The van der Waals surface area contributed by atoms with Crippen LogP contribution in [0.3, 0.4) is 0 Å². The zero-order chi connectivity index (χ0) is 13.9. The first-order valence-electron chi connectivity index (χ1n) is 7.18. The Kier molecular flexibility index (Phi) is 6.20. The van der Waals surface area contributed by atoms with Gasteiger partial charge in [-0.3, -0.25) is 0 Å². The summed E-state index contributed by atoms with van der Waals surface area (Å²) in [5, 5.41) is 0. The van der Waals surface area contributed by atoms with E-state index < -0.39 is 7.26 Å². The van der Waals surface area contributed by atoms with Crippen molar-refractivity contribution in [3.63, 3.8) is 0 Å². The topological polar surface area (TPSA) is 0 Å². The van der Waals surface area contributed by atoms with Crippen molar-refractivity contribution in [1.29, 1.82) is 0 Å². The van der Waals surface area contributed by atoms with Crippen LogP contribution in [0.4, 0.5) is 0 Å². The Labute approximate surface area is 111 Å². The minimum absolute atomic E-state index is 0.460. The Morgan fingerprint density at radius 3 is 1.71 bits per heavy atom. The second-order valence-electron chi connectivity index (χ2n) is 8.59. The van der Waals surface area contributed by atoms with E-state index in [1.165, 1.54) is 25.4 Å². The number of hydrogen-bond donors (Lipinski definition) is 0. The summed E-state index contributed by atoms with van der Waals surface area (Å²) in [7, 11) is -0.613. The Bertz CT molecular complexity index is 215. The fourth-order valence-corrected chi connectivity index (χ4v) is 3.28. The largest absolute Gasteiger partial charge is 0.0649 e. The van der Waals surface area contributed by atoms with Crippen LogP contribution in [0.15, 0.2) is 0 Å². The van der Waals surface area contributed by atoms with E-state index >= 15 is 0 Å². The molecule has 0 rings (SSSR count). The maximum absolute atomic E-state index is 2.47. The smallest absolute Gasteiger partial charge is 0.0589 e. The molecule has 0 radical (unpaired) electrons. The van der Waals surface area contributed by atoms with Crippen LogP contribution in [0, 0.1) is 16.7 Å². The molecule has 1 heteroatoms. The zero-order valence-corrected chi connectivity index (χ0v) is 14.7. The first kappa shape index (κ1) is 17.4. The molecule has 0 saturated heterocycles. The third-order valence-electron chi connectivity index (χ3n) is 4.13. The molecule has 0 saturated carbocycles. The van der Waals surface area contributed by atoms with Crippen molar-refractivity contribution in [2.24, 2.45) is 16.7 Å². The third-order valence-corrected chi connectivity index (χ3v) is 5.73. The van der Waals surface area contributed by atoms with Gasteiger partial charge in [-0.25, -0.2) is 0 Å². The van der Waals surface area contributed by atoms with Gasteiger partial charge in [-0.05, 0) is 29.6 Å². The molecule has 0 aliphatic heterocycles. The lowest BCUT2D eigenvalue weighted by Gasteiger charge is -2.37. The van der Waals surface area contributed by atoms with E-state index in [1.807, 2.05) is 0 Å². The molecule has 0 aromatic heterocycles. The van der Waals surface area contributed by atoms with Crippen LogP contribution in [0.1, 0.15) is 60.8 Å². The van der Waals surface area contributed by atoms with Gasteiger partial charge in [0, 0.05) is 27.3 Å². The van der Waals surface area contributed by atoms with Crippen LogP contribution in [-0.2, 0) is 0 Å². The van der Waals surface area contributed by atoms with Crippen molar-refractivity contribution in [2.75, 3.05) is 26.2 Å². The van der Waals surface area contributed by atoms with Gasteiger partial charge in [-0.1, -0.05) is 48.0 Å². The van der Waals surface area contributed by atoms with Crippen molar-refractivity contribution >= 4 is 7.26 Å². The van der Waals surface area contributed by atoms with E-state index in [4.69, 9.17) is 0 Å². The molecule has 0 N–H and O–H groups in total. The van der Waals surface area contributed by atoms with Crippen molar-refractivity contribution in [3.8, 4) is 0 Å². The molecular weight excluding hydrogens is 223 g/mol. The highest BCUT2D eigenvalue weighted by atomic mass is 31.2. The van der Waals surface area contributed by atoms with Gasteiger partial charge in [-0.15, -0.1) is 0 Å². The Morgan fingerprint density at radius 1 is 0.941 bits per heavy atom. The molecule has 0 aliphatic rings. The van der Waals surface area contributed by atoms with Crippen molar-refractivity contribution in [2.45, 2.75) is 60.8 Å². The maximum atomic E-state index is 2.47. The van der Waals surface area contributed by atoms with Gasteiger partial charge in [-0.2, -0.15) is 0 Å². The number of hydrogen-bond acceptors (Lipinski definition) is 0. The lowest BCUT2D eigenvalue weighted by atomic mass is 9.69. The summed E-state index contributed by atoms with van der Waals surface area (Å²) >= 11 is 0. The van der Waals surface area contributed by atoms with Gasteiger partial charge in [0.15, 0.2) is 0 Å². The van der Waals surface area contributed by atoms with E-state index in [0.29, 0.717) is 10.8 Å². The lowest BCUT2D eigenvalue weighted by Crippen LogP contribution is -2.27. The molecule has 17 heavy (non-hydrogen) atoms. The van der Waals surface area contributed by atoms with Gasteiger partial charge in [0.05, 0.1) is 6.16 Å². The average Bonchev–Trinajstić information content (AvgIpc) is 2.09. The van der Waals surface area contributed by atoms with E-state index in [2.05, 4.69) is 61.5 Å². The molecule has 1 atom stereocenters. The maximum Gasteiger partial charge on any atom is 0.0589 e. The molecular formula is C16H36P+. The van der Waals surface area contributed by atoms with Gasteiger partial charge >= 0.3 is 0 Å². The molecule has 0 amide bonds. The molecule has 0 aliphatic carbocycles. The molecule has 0 bridgehead atoms. The standard InChI is InChI=1S/C16H36P/c1-10-16(5,6)13-14(15(2,3)4)11-12-17(7,8)9/h14H,10-13H2,1-9H3/q+1. The third kappa shape index (κ3) is 8.20. The predicted molar refractivity (Wildman–Crippen MR) is 85.8 cm³/mol. The fraction of sp³-hybridized carbons (Fsp3) is 1.00. The van der Waals surface area contributed by atoms with Gasteiger partial charge < -0.3 is 0 Å². The average molecular weight is 259 g/mol. The van der Waals surface area contributed by atoms with Crippen LogP contribution in [-0.4, -0.2) is 26.2 Å². The minimum Gasteiger partial charge on any atom is -0.0649 e. The monoisotopic (exact) mass is 259 g/mol. The van der Waals surface area contributed by atoms with Crippen LogP contribution in [0.5, 0.6) is 0 Å². The highest BCUT2D eigenvalue weighted by Crippen LogP contribution is 2.50. The summed E-state index contributed by atoms with van der Waals surface area (Å²) in [4.78, 5) is 0. The molecule has 0 fully saturated rings. The van der Waals surface area contributed by atoms with E-state index in [-0.39, 0.29) is 0 Å². The summed E-state index contributed by atoms with van der Waals surface area (Å²) in [5.74, 6) is 0.872. The lowest BCUT2D eigenvalue weighted by molar-refractivity contribution is 0.147. The SMILES string of the molecule is CCC(C)(C)CC(CC[P+](C)(C)C)C(C)(C)C. The van der Waals surface area contributed by atoms with E-state index in [0.717, 1.165) is 5.92 Å². The Hall–Kier alpha value is 0.430. The molecule has 0 heterocycles. The molecule has 104 valence electrons. The molecule has 0 spiro atoms. The van der Waals surface area contributed by atoms with Crippen molar-refractivity contribution in [3.05, 3.63) is 0 Å². The highest BCUT2D eigenvalue weighted by Gasteiger charge is 2.32. The van der Waals surface area contributed by atoms with Crippen LogP contribution in [0.25, 0.3) is 0 Å². The van der Waals surface area contributed by atoms with Gasteiger partial charge in [0.2, 0.25) is 0 Å². The van der Waals surface area contributed by atoms with Crippen LogP contribution >= 0.6 is 7.26 Å². The second-order valence-corrected chi connectivity index (χ2v) is 13.6. The first-order chi connectivity index (χ1) is 7.37. The second kappa shape index (κ2) is 6.05. The van der Waals surface area contributed by atoms with Crippen LogP contribution < -0.4 is 0 Å². The van der Waals surface area contributed by atoms with Crippen molar-refractivity contribution in [1.82, 2.24) is 0 Å². The van der Waals surface area contributed by atoms with Gasteiger partial charge in [0.25, 0.3) is 0 Å². The van der Waals surface area contributed by atoms with E-state index in [1.54, 1.807) is 0 Å². The number of rotatable bonds is 6. The quantitative estimate of drug-likeness (QED) is 0.531. The first-order valence-corrected chi connectivity index (χ1v) is 10.5. The molecule has 1 unspecified atom stereocenters. The Balaban J connectivity index is 4.58. The summed E-state index contributed by atoms with van der Waals surface area (Å²) in [6.07, 6.45) is 5.55. The molecule has 0 nitrogen and oxygen atoms in total. The summed E-state index contributed by atoms with van der Waals surface area (Å²) < 4.78 is 0. The molecule has 0 aromatic rings. The van der Waals surface area contributed by atoms with E-state index in [9.17, 15) is 0 Å². The minimum atomic E-state index is -0.613. The van der Waals surface area contributed by atoms with Gasteiger partial charge in [0.1, 0.15) is 0 Å². The summed E-state index contributed by atoms with van der Waals surface area (Å²) in [5.41, 5.74) is 0.968. The predicted octanol–water partition coefficient (Wildman–Crippen LogP) is 5.77. The Morgan fingerprint density at radius 2 is 1.41 bits per heavy atom. The van der Waals surface area contributed by atoms with Crippen molar-refractivity contribution < 1.29 is 0 Å². The highest BCUT2D eigenvalue weighted by molar-refractivity contribution is 7.73.